The maximum Gasteiger partial charge on any atom is 0.184 e. The van der Waals surface area contributed by atoms with Crippen molar-refractivity contribution in [1.29, 1.82) is 0 Å². The summed E-state index contributed by atoms with van der Waals surface area (Å²) < 4.78 is 1.14. The second kappa shape index (κ2) is 4.84. The zero-order valence-corrected chi connectivity index (χ0v) is 12.0. The van der Waals surface area contributed by atoms with E-state index in [2.05, 4.69) is 20.7 Å². The first-order chi connectivity index (χ1) is 8.70. The molecule has 18 heavy (non-hydrogen) atoms. The standard InChI is InChI=1S/C12H10ClN3S2/c1-7-6-17-11(15-7)5-14-12-16-9-4-8(13)2-3-10(9)18-12/h2-4,6H,5H2,1H3,(H,14,16). The van der Waals surface area contributed by atoms with Crippen molar-refractivity contribution in [3.8, 4) is 0 Å². The molecule has 0 radical (unpaired) electrons. The Kier molecular flexibility index (Phi) is 3.20. The van der Waals surface area contributed by atoms with E-state index in [9.17, 15) is 0 Å². The van der Waals surface area contributed by atoms with Crippen LogP contribution in [0.15, 0.2) is 23.6 Å². The first-order valence-corrected chi connectivity index (χ1v) is 7.49. The first kappa shape index (κ1) is 11.9. The second-order valence-electron chi connectivity index (χ2n) is 3.87. The maximum absolute atomic E-state index is 5.94. The average Bonchev–Trinajstić information content (AvgIpc) is 2.92. The zero-order chi connectivity index (χ0) is 12.5. The average molecular weight is 296 g/mol. The lowest BCUT2D eigenvalue weighted by atomic mass is 10.3. The van der Waals surface area contributed by atoms with Gasteiger partial charge in [0.15, 0.2) is 5.13 Å². The van der Waals surface area contributed by atoms with Gasteiger partial charge in [-0.15, -0.1) is 11.3 Å². The number of rotatable bonds is 3. The Morgan fingerprint density at radius 2 is 2.22 bits per heavy atom. The van der Waals surface area contributed by atoms with E-state index in [1.54, 1.807) is 22.7 Å². The summed E-state index contributed by atoms with van der Waals surface area (Å²) in [5.41, 5.74) is 2.00. The highest BCUT2D eigenvalue weighted by Crippen LogP contribution is 2.28. The van der Waals surface area contributed by atoms with E-state index in [0.717, 1.165) is 31.1 Å². The van der Waals surface area contributed by atoms with Gasteiger partial charge in [-0.05, 0) is 25.1 Å². The Morgan fingerprint density at radius 3 is 3.00 bits per heavy atom. The minimum Gasteiger partial charge on any atom is -0.355 e. The molecule has 0 atom stereocenters. The monoisotopic (exact) mass is 295 g/mol. The van der Waals surface area contributed by atoms with Crippen molar-refractivity contribution in [3.05, 3.63) is 39.3 Å². The molecule has 2 aromatic heterocycles. The van der Waals surface area contributed by atoms with Gasteiger partial charge in [-0.2, -0.15) is 0 Å². The number of benzene rings is 1. The number of halogens is 1. The number of nitrogens with one attached hydrogen (secondary N) is 1. The summed E-state index contributed by atoms with van der Waals surface area (Å²) in [5.74, 6) is 0. The van der Waals surface area contributed by atoms with Crippen molar-refractivity contribution in [2.45, 2.75) is 13.5 Å². The van der Waals surface area contributed by atoms with Crippen LogP contribution in [0, 0.1) is 6.92 Å². The van der Waals surface area contributed by atoms with E-state index in [4.69, 9.17) is 11.6 Å². The molecular formula is C12H10ClN3S2. The summed E-state index contributed by atoms with van der Waals surface area (Å²) in [6.07, 6.45) is 0. The van der Waals surface area contributed by atoms with Gasteiger partial charge in [-0.25, -0.2) is 9.97 Å². The summed E-state index contributed by atoms with van der Waals surface area (Å²) in [6, 6.07) is 5.76. The maximum atomic E-state index is 5.94. The predicted octanol–water partition coefficient (Wildman–Crippen LogP) is 4.33. The highest BCUT2D eigenvalue weighted by molar-refractivity contribution is 7.22. The summed E-state index contributed by atoms with van der Waals surface area (Å²) in [7, 11) is 0. The summed E-state index contributed by atoms with van der Waals surface area (Å²) in [6.45, 7) is 2.71. The van der Waals surface area contributed by atoms with Crippen LogP contribution < -0.4 is 5.32 Å². The molecule has 0 unspecified atom stereocenters. The van der Waals surface area contributed by atoms with Gasteiger partial charge in [0.2, 0.25) is 0 Å². The van der Waals surface area contributed by atoms with Crippen LogP contribution in [0.3, 0.4) is 0 Å². The lowest BCUT2D eigenvalue weighted by Crippen LogP contribution is -1.98. The molecule has 92 valence electrons. The van der Waals surface area contributed by atoms with Crippen LogP contribution >= 0.6 is 34.3 Å². The SMILES string of the molecule is Cc1csc(CNc2nc3cc(Cl)ccc3s2)n1. The molecule has 0 aliphatic carbocycles. The van der Waals surface area contributed by atoms with Crippen LogP contribution in [0.4, 0.5) is 5.13 Å². The lowest BCUT2D eigenvalue weighted by molar-refractivity contribution is 1.07. The van der Waals surface area contributed by atoms with Crippen LogP contribution in [-0.4, -0.2) is 9.97 Å². The Bertz CT molecular complexity index is 690. The molecule has 0 amide bonds. The number of aromatic nitrogens is 2. The Balaban J connectivity index is 1.78. The van der Waals surface area contributed by atoms with Gasteiger partial charge in [0.25, 0.3) is 0 Å². The van der Waals surface area contributed by atoms with Crippen LogP contribution in [0.25, 0.3) is 10.2 Å². The lowest BCUT2D eigenvalue weighted by Gasteiger charge is -1.97. The third-order valence-electron chi connectivity index (χ3n) is 2.41. The van der Waals surface area contributed by atoms with Gasteiger partial charge >= 0.3 is 0 Å². The molecule has 3 rings (SSSR count). The molecule has 3 aromatic rings. The van der Waals surface area contributed by atoms with Crippen molar-refractivity contribution in [2.75, 3.05) is 5.32 Å². The van der Waals surface area contributed by atoms with Gasteiger partial charge in [0.05, 0.1) is 16.8 Å². The van der Waals surface area contributed by atoms with E-state index in [-0.39, 0.29) is 0 Å². The molecule has 0 saturated carbocycles. The molecule has 0 saturated heterocycles. The molecule has 0 bridgehead atoms. The zero-order valence-electron chi connectivity index (χ0n) is 9.61. The van der Waals surface area contributed by atoms with E-state index < -0.39 is 0 Å². The highest BCUT2D eigenvalue weighted by atomic mass is 35.5. The summed E-state index contributed by atoms with van der Waals surface area (Å²) >= 11 is 9.23. The highest BCUT2D eigenvalue weighted by Gasteiger charge is 2.05. The molecule has 0 spiro atoms. The van der Waals surface area contributed by atoms with Crippen LogP contribution in [-0.2, 0) is 6.54 Å². The Hall–Kier alpha value is -1.17. The smallest absolute Gasteiger partial charge is 0.184 e. The minimum absolute atomic E-state index is 0.714. The van der Waals surface area contributed by atoms with Crippen LogP contribution in [0.1, 0.15) is 10.7 Å². The quantitative estimate of drug-likeness (QED) is 0.781. The van der Waals surface area contributed by atoms with Crippen LogP contribution in [0.5, 0.6) is 0 Å². The molecule has 0 aliphatic heterocycles. The number of nitrogens with zero attached hydrogens (tertiary/aromatic N) is 2. The molecule has 6 heteroatoms. The van der Waals surface area contributed by atoms with Gasteiger partial charge < -0.3 is 5.32 Å². The van der Waals surface area contributed by atoms with Crippen molar-refractivity contribution in [1.82, 2.24) is 9.97 Å². The number of thiazole rings is 2. The molecule has 0 aliphatic rings. The van der Waals surface area contributed by atoms with Gasteiger partial charge in [0, 0.05) is 16.1 Å². The molecule has 0 fully saturated rings. The fourth-order valence-corrected chi connectivity index (χ4v) is 3.33. The van der Waals surface area contributed by atoms with E-state index in [1.165, 1.54) is 0 Å². The van der Waals surface area contributed by atoms with Gasteiger partial charge in [0.1, 0.15) is 5.01 Å². The number of anilines is 1. The number of fused-ring (bicyclic) bond motifs is 1. The third kappa shape index (κ3) is 2.48. The summed E-state index contributed by atoms with van der Waals surface area (Å²) in [4.78, 5) is 8.90. The van der Waals surface area contributed by atoms with E-state index >= 15 is 0 Å². The first-order valence-electron chi connectivity index (χ1n) is 5.42. The Labute approximate surface area is 117 Å². The predicted molar refractivity (Wildman–Crippen MR) is 78.8 cm³/mol. The van der Waals surface area contributed by atoms with Crippen molar-refractivity contribution in [2.24, 2.45) is 0 Å². The largest absolute Gasteiger partial charge is 0.355 e. The van der Waals surface area contributed by atoms with E-state index in [1.807, 2.05) is 25.1 Å². The molecule has 3 nitrogen and oxygen atoms in total. The van der Waals surface area contributed by atoms with Crippen molar-refractivity contribution >= 4 is 49.6 Å². The second-order valence-corrected chi connectivity index (χ2v) is 6.28. The molecule has 1 N–H and O–H groups in total. The number of aryl methyl sites for hydroxylation is 1. The fourth-order valence-electron chi connectivity index (χ4n) is 1.61. The van der Waals surface area contributed by atoms with E-state index in [0.29, 0.717) is 6.54 Å². The Morgan fingerprint density at radius 1 is 1.33 bits per heavy atom. The van der Waals surface area contributed by atoms with Crippen LogP contribution in [0.2, 0.25) is 5.02 Å². The number of hydrogen-bond donors (Lipinski definition) is 1. The van der Waals surface area contributed by atoms with Crippen molar-refractivity contribution < 1.29 is 0 Å². The topological polar surface area (TPSA) is 37.8 Å². The van der Waals surface area contributed by atoms with Gasteiger partial charge in [-0.1, -0.05) is 22.9 Å². The van der Waals surface area contributed by atoms with Gasteiger partial charge in [-0.3, -0.25) is 0 Å². The normalized spacial score (nSPS) is 11.0. The molecular weight excluding hydrogens is 286 g/mol. The van der Waals surface area contributed by atoms with Crippen molar-refractivity contribution in [3.63, 3.8) is 0 Å². The molecule has 2 heterocycles. The number of hydrogen-bond acceptors (Lipinski definition) is 5. The third-order valence-corrected chi connectivity index (χ3v) is 4.60. The minimum atomic E-state index is 0.714. The molecule has 1 aromatic carbocycles. The summed E-state index contributed by atoms with van der Waals surface area (Å²) in [5, 5.41) is 8.04. The fraction of sp³-hybridized carbons (Fsp3) is 0.167.